The highest BCUT2D eigenvalue weighted by Gasteiger charge is 2.22. The first kappa shape index (κ1) is 10.6. The van der Waals surface area contributed by atoms with E-state index in [9.17, 15) is 0 Å². The van der Waals surface area contributed by atoms with Gasteiger partial charge in [-0.3, -0.25) is 0 Å². The lowest BCUT2D eigenvalue weighted by atomic mass is 10.1. The van der Waals surface area contributed by atoms with Crippen LogP contribution in [0.2, 0.25) is 0 Å². The summed E-state index contributed by atoms with van der Waals surface area (Å²) >= 11 is 0. The Kier molecular flexibility index (Phi) is 2.27. The molecule has 94 valence electrons. The number of rotatable bonds is 3. The van der Waals surface area contributed by atoms with Crippen molar-refractivity contribution in [1.29, 1.82) is 0 Å². The predicted molar refractivity (Wildman–Crippen MR) is 73.9 cm³/mol. The van der Waals surface area contributed by atoms with E-state index >= 15 is 0 Å². The van der Waals surface area contributed by atoms with Crippen LogP contribution in [0.1, 0.15) is 12.8 Å². The fourth-order valence-corrected chi connectivity index (χ4v) is 2.20. The monoisotopic (exact) mass is 251 g/mol. The van der Waals surface area contributed by atoms with E-state index in [0.717, 1.165) is 27.8 Å². The fourth-order valence-electron chi connectivity index (χ4n) is 2.20. The Morgan fingerprint density at radius 3 is 2.84 bits per heavy atom. The second-order valence-electron chi connectivity index (χ2n) is 4.88. The summed E-state index contributed by atoms with van der Waals surface area (Å²) in [6.07, 6.45) is 7.51. The van der Waals surface area contributed by atoms with Crippen molar-refractivity contribution in [1.82, 2.24) is 9.97 Å². The first-order chi connectivity index (χ1) is 9.40. The summed E-state index contributed by atoms with van der Waals surface area (Å²) in [6.45, 7) is 0. The summed E-state index contributed by atoms with van der Waals surface area (Å²) in [5.41, 5.74) is 3.16. The molecule has 1 aliphatic carbocycles. The number of anilines is 1. The van der Waals surface area contributed by atoms with E-state index in [4.69, 9.17) is 4.42 Å². The molecule has 4 nitrogen and oxygen atoms in total. The van der Waals surface area contributed by atoms with Crippen molar-refractivity contribution < 1.29 is 4.42 Å². The van der Waals surface area contributed by atoms with Crippen LogP contribution in [0.4, 0.5) is 5.82 Å². The first-order valence-corrected chi connectivity index (χ1v) is 6.44. The van der Waals surface area contributed by atoms with Crippen LogP contribution in [0.5, 0.6) is 0 Å². The van der Waals surface area contributed by atoms with Crippen LogP contribution in [0.25, 0.3) is 22.0 Å². The molecular weight excluding hydrogens is 238 g/mol. The van der Waals surface area contributed by atoms with Crippen LogP contribution in [0.15, 0.2) is 47.5 Å². The minimum Gasteiger partial charge on any atom is -0.472 e. The summed E-state index contributed by atoms with van der Waals surface area (Å²) in [5.74, 6) is 0.929. The third-order valence-electron chi connectivity index (χ3n) is 3.41. The molecule has 1 saturated carbocycles. The SMILES string of the molecule is c1nc(NC2CC2)c2cc(-c3ccoc3)ccc2n1. The van der Waals surface area contributed by atoms with Gasteiger partial charge in [0.05, 0.1) is 18.0 Å². The summed E-state index contributed by atoms with van der Waals surface area (Å²) in [4.78, 5) is 8.68. The predicted octanol–water partition coefficient (Wildman–Crippen LogP) is 3.46. The van der Waals surface area contributed by atoms with Gasteiger partial charge in [-0.1, -0.05) is 6.07 Å². The van der Waals surface area contributed by atoms with Gasteiger partial charge in [-0.15, -0.1) is 0 Å². The molecule has 1 fully saturated rings. The Bertz CT molecular complexity index is 717. The molecule has 0 amide bonds. The van der Waals surface area contributed by atoms with Gasteiger partial charge in [0.2, 0.25) is 0 Å². The zero-order valence-corrected chi connectivity index (χ0v) is 10.3. The highest BCUT2D eigenvalue weighted by molar-refractivity contribution is 5.92. The van der Waals surface area contributed by atoms with Gasteiger partial charge in [0, 0.05) is 17.0 Å². The van der Waals surface area contributed by atoms with Crippen molar-refractivity contribution >= 4 is 16.7 Å². The largest absolute Gasteiger partial charge is 0.472 e. The van der Waals surface area contributed by atoms with Crippen LogP contribution in [0.3, 0.4) is 0 Å². The Morgan fingerprint density at radius 2 is 2.05 bits per heavy atom. The Morgan fingerprint density at radius 1 is 1.11 bits per heavy atom. The van der Waals surface area contributed by atoms with Crippen LogP contribution in [-0.2, 0) is 0 Å². The standard InChI is InChI=1S/C15H13N3O/c1-4-14-13(7-10(1)11-5-6-19-8-11)15(17-9-16-14)18-12-2-3-12/h1,4-9,12H,2-3H2,(H,16,17,18). The summed E-state index contributed by atoms with van der Waals surface area (Å²) < 4.78 is 5.14. The van der Waals surface area contributed by atoms with Crippen LogP contribution >= 0.6 is 0 Å². The van der Waals surface area contributed by atoms with E-state index in [1.165, 1.54) is 12.8 Å². The molecule has 0 spiro atoms. The van der Waals surface area contributed by atoms with E-state index < -0.39 is 0 Å². The fraction of sp³-hybridized carbons (Fsp3) is 0.200. The van der Waals surface area contributed by atoms with Crippen molar-refractivity contribution in [2.45, 2.75) is 18.9 Å². The summed E-state index contributed by atoms with van der Waals surface area (Å²) in [5, 5.41) is 4.52. The molecule has 0 unspecified atom stereocenters. The number of hydrogen-bond donors (Lipinski definition) is 1. The second-order valence-corrected chi connectivity index (χ2v) is 4.88. The van der Waals surface area contributed by atoms with E-state index in [1.807, 2.05) is 12.1 Å². The average molecular weight is 251 g/mol. The third-order valence-corrected chi connectivity index (χ3v) is 3.41. The topological polar surface area (TPSA) is 51.0 Å². The molecule has 1 aromatic carbocycles. The summed E-state index contributed by atoms with van der Waals surface area (Å²) in [6, 6.07) is 8.73. The third kappa shape index (κ3) is 1.95. The maximum absolute atomic E-state index is 5.14. The maximum atomic E-state index is 5.14. The molecule has 2 aromatic heterocycles. The van der Waals surface area contributed by atoms with Gasteiger partial charge in [-0.2, -0.15) is 0 Å². The Balaban J connectivity index is 1.85. The molecule has 0 atom stereocenters. The minimum atomic E-state index is 0.579. The smallest absolute Gasteiger partial charge is 0.137 e. The molecule has 4 heteroatoms. The van der Waals surface area contributed by atoms with E-state index in [0.29, 0.717) is 6.04 Å². The lowest BCUT2D eigenvalue weighted by molar-refractivity contribution is 0.568. The normalized spacial score (nSPS) is 14.7. The van der Waals surface area contributed by atoms with Crippen LogP contribution in [0, 0.1) is 0 Å². The molecule has 2 heterocycles. The molecule has 1 N–H and O–H groups in total. The quantitative estimate of drug-likeness (QED) is 0.774. The number of fused-ring (bicyclic) bond motifs is 1. The molecule has 0 radical (unpaired) electrons. The number of furan rings is 1. The van der Waals surface area contributed by atoms with Gasteiger partial charge >= 0.3 is 0 Å². The molecule has 3 aromatic rings. The highest BCUT2D eigenvalue weighted by atomic mass is 16.3. The molecular formula is C15H13N3O. The minimum absolute atomic E-state index is 0.579. The molecule has 0 bridgehead atoms. The Hall–Kier alpha value is -2.36. The average Bonchev–Trinajstić information content (AvgIpc) is 3.09. The zero-order chi connectivity index (χ0) is 12.7. The van der Waals surface area contributed by atoms with Crippen LogP contribution in [-0.4, -0.2) is 16.0 Å². The van der Waals surface area contributed by atoms with Gasteiger partial charge < -0.3 is 9.73 Å². The lowest BCUT2D eigenvalue weighted by Crippen LogP contribution is -2.04. The molecule has 0 aliphatic heterocycles. The van der Waals surface area contributed by atoms with Gasteiger partial charge in [0.15, 0.2) is 0 Å². The summed E-state index contributed by atoms with van der Waals surface area (Å²) in [7, 11) is 0. The molecule has 1 aliphatic rings. The van der Waals surface area contributed by atoms with E-state index in [1.54, 1.807) is 18.9 Å². The van der Waals surface area contributed by atoms with E-state index in [2.05, 4.69) is 27.4 Å². The van der Waals surface area contributed by atoms with Crippen LogP contribution < -0.4 is 5.32 Å². The van der Waals surface area contributed by atoms with Crippen molar-refractivity contribution in [2.24, 2.45) is 0 Å². The van der Waals surface area contributed by atoms with Gasteiger partial charge in [0.1, 0.15) is 12.1 Å². The zero-order valence-electron chi connectivity index (χ0n) is 10.3. The van der Waals surface area contributed by atoms with Crippen molar-refractivity contribution in [2.75, 3.05) is 5.32 Å². The van der Waals surface area contributed by atoms with Gasteiger partial charge in [-0.25, -0.2) is 9.97 Å². The number of aromatic nitrogens is 2. The first-order valence-electron chi connectivity index (χ1n) is 6.44. The number of hydrogen-bond acceptors (Lipinski definition) is 4. The number of benzene rings is 1. The number of nitrogens with one attached hydrogen (secondary N) is 1. The van der Waals surface area contributed by atoms with Crippen molar-refractivity contribution in [3.8, 4) is 11.1 Å². The molecule has 19 heavy (non-hydrogen) atoms. The highest BCUT2D eigenvalue weighted by Crippen LogP contribution is 2.30. The molecule has 4 rings (SSSR count). The van der Waals surface area contributed by atoms with Gasteiger partial charge in [0.25, 0.3) is 0 Å². The van der Waals surface area contributed by atoms with Crippen molar-refractivity contribution in [3.05, 3.63) is 43.1 Å². The second kappa shape index (κ2) is 4.09. The Labute approximate surface area is 110 Å². The number of nitrogens with zero attached hydrogens (tertiary/aromatic N) is 2. The van der Waals surface area contributed by atoms with Gasteiger partial charge in [-0.05, 0) is 36.6 Å². The van der Waals surface area contributed by atoms with E-state index in [-0.39, 0.29) is 0 Å². The van der Waals surface area contributed by atoms with Crippen molar-refractivity contribution in [3.63, 3.8) is 0 Å². The maximum Gasteiger partial charge on any atom is 0.137 e. The lowest BCUT2D eigenvalue weighted by Gasteiger charge is -2.08. The molecule has 0 saturated heterocycles.